The molecule has 1 N–H and O–H groups in total. The van der Waals surface area contributed by atoms with Crippen LogP contribution in [0, 0.1) is 5.82 Å². The van der Waals surface area contributed by atoms with Crippen LogP contribution < -0.4 is 14.8 Å². The first kappa shape index (κ1) is 19.7. The van der Waals surface area contributed by atoms with E-state index in [0.29, 0.717) is 6.54 Å². The molecule has 0 bridgehead atoms. The minimum Gasteiger partial charge on any atom is -0.496 e. The summed E-state index contributed by atoms with van der Waals surface area (Å²) < 4.78 is 24.5. The third kappa shape index (κ3) is 4.95. The zero-order chi connectivity index (χ0) is 19.1. The lowest BCUT2D eigenvalue weighted by Gasteiger charge is -2.27. The summed E-state index contributed by atoms with van der Waals surface area (Å²) in [5.74, 6) is 0.0162. The van der Waals surface area contributed by atoms with Crippen molar-refractivity contribution in [3.63, 3.8) is 0 Å². The lowest BCUT2D eigenvalue weighted by Crippen LogP contribution is -2.41. The first-order valence-corrected chi connectivity index (χ1v) is 8.42. The van der Waals surface area contributed by atoms with E-state index in [-0.39, 0.29) is 17.7 Å². The number of amides is 1. The van der Waals surface area contributed by atoms with Crippen molar-refractivity contribution in [2.45, 2.75) is 19.1 Å². The average Bonchev–Trinajstić information content (AvgIpc) is 2.63. The Morgan fingerprint density at radius 3 is 2.35 bits per heavy atom. The molecule has 0 saturated heterocycles. The number of methoxy groups -OCH3 is 1. The Morgan fingerprint density at radius 1 is 1.12 bits per heavy atom. The molecule has 0 fully saturated rings. The molecule has 0 aliphatic heterocycles. The molecule has 0 radical (unpaired) electrons. The van der Waals surface area contributed by atoms with E-state index in [4.69, 9.17) is 9.47 Å². The van der Waals surface area contributed by atoms with Crippen molar-refractivity contribution in [2.24, 2.45) is 0 Å². The summed E-state index contributed by atoms with van der Waals surface area (Å²) in [7, 11) is 5.49. The van der Waals surface area contributed by atoms with E-state index >= 15 is 0 Å². The van der Waals surface area contributed by atoms with E-state index in [1.54, 1.807) is 26.2 Å². The number of halogens is 1. The summed E-state index contributed by atoms with van der Waals surface area (Å²) >= 11 is 0. The van der Waals surface area contributed by atoms with Crippen molar-refractivity contribution in [2.75, 3.05) is 27.7 Å². The molecule has 0 spiro atoms. The summed E-state index contributed by atoms with van der Waals surface area (Å²) in [4.78, 5) is 14.4. The van der Waals surface area contributed by atoms with Gasteiger partial charge in [0.2, 0.25) is 0 Å². The van der Waals surface area contributed by atoms with Gasteiger partial charge in [-0.25, -0.2) is 4.39 Å². The van der Waals surface area contributed by atoms with E-state index in [9.17, 15) is 9.18 Å². The highest BCUT2D eigenvalue weighted by molar-refractivity contribution is 5.80. The molecule has 0 aromatic heterocycles. The number of para-hydroxylation sites is 2. The van der Waals surface area contributed by atoms with Crippen molar-refractivity contribution in [3.8, 4) is 11.5 Å². The minimum atomic E-state index is -0.813. The summed E-state index contributed by atoms with van der Waals surface area (Å²) in [6.07, 6.45) is -0.813. The summed E-state index contributed by atoms with van der Waals surface area (Å²) in [5, 5.41) is 2.87. The highest BCUT2D eigenvalue weighted by Crippen LogP contribution is 2.27. The fraction of sp³-hybridized carbons (Fsp3) is 0.350. The molecule has 140 valence electrons. The van der Waals surface area contributed by atoms with E-state index in [0.717, 1.165) is 11.3 Å². The standard InChI is InChI=1S/C20H25FN2O3/c1-14(26-19-12-8-6-10-16(19)21)20(24)22-13-17(23(2)3)15-9-5-7-11-18(15)25-4/h5-12,14,17H,13H2,1-4H3,(H,22,24)/t14-,17-/m1/s1. The van der Waals surface area contributed by atoms with Crippen molar-refractivity contribution in [1.82, 2.24) is 10.2 Å². The smallest absolute Gasteiger partial charge is 0.260 e. The lowest BCUT2D eigenvalue weighted by molar-refractivity contribution is -0.127. The van der Waals surface area contributed by atoms with Crippen LogP contribution in [0.25, 0.3) is 0 Å². The van der Waals surface area contributed by atoms with Gasteiger partial charge in [0.15, 0.2) is 17.7 Å². The second-order valence-electron chi connectivity index (χ2n) is 6.16. The van der Waals surface area contributed by atoms with Crippen molar-refractivity contribution >= 4 is 5.91 Å². The third-order valence-corrected chi connectivity index (χ3v) is 4.10. The van der Waals surface area contributed by atoms with Crippen LogP contribution in [0.4, 0.5) is 4.39 Å². The molecule has 2 atom stereocenters. The largest absolute Gasteiger partial charge is 0.496 e. The van der Waals surface area contributed by atoms with Crippen LogP contribution in [-0.4, -0.2) is 44.7 Å². The molecule has 2 rings (SSSR count). The number of nitrogens with one attached hydrogen (secondary N) is 1. The van der Waals surface area contributed by atoms with Gasteiger partial charge in [-0.05, 0) is 39.2 Å². The van der Waals surface area contributed by atoms with Crippen LogP contribution >= 0.6 is 0 Å². The molecule has 0 heterocycles. The highest BCUT2D eigenvalue weighted by Gasteiger charge is 2.22. The van der Waals surface area contributed by atoms with Crippen molar-refractivity contribution < 1.29 is 18.7 Å². The van der Waals surface area contributed by atoms with Gasteiger partial charge in [-0.3, -0.25) is 4.79 Å². The maximum atomic E-state index is 13.7. The summed E-state index contributed by atoms with van der Waals surface area (Å²) in [5.41, 5.74) is 0.975. The van der Waals surface area contributed by atoms with Crippen LogP contribution in [-0.2, 0) is 4.79 Å². The summed E-state index contributed by atoms with van der Waals surface area (Å²) in [6.45, 7) is 1.96. The Hall–Kier alpha value is -2.60. The molecule has 1 amide bonds. The number of benzene rings is 2. The Bertz CT molecular complexity index is 737. The van der Waals surface area contributed by atoms with Gasteiger partial charge in [-0.2, -0.15) is 0 Å². The molecule has 5 nitrogen and oxygen atoms in total. The van der Waals surface area contributed by atoms with E-state index < -0.39 is 11.9 Å². The number of carbonyl (C=O) groups is 1. The number of ether oxygens (including phenoxy) is 2. The predicted molar refractivity (Wildman–Crippen MR) is 98.9 cm³/mol. The molecule has 0 aliphatic rings. The first-order chi connectivity index (χ1) is 12.4. The third-order valence-electron chi connectivity index (χ3n) is 4.10. The van der Waals surface area contributed by atoms with Crippen molar-refractivity contribution in [3.05, 3.63) is 59.9 Å². The van der Waals surface area contributed by atoms with E-state index in [2.05, 4.69) is 5.32 Å². The molecule has 6 heteroatoms. The number of nitrogens with zero attached hydrogens (tertiary/aromatic N) is 1. The Morgan fingerprint density at radius 2 is 1.73 bits per heavy atom. The second-order valence-corrected chi connectivity index (χ2v) is 6.16. The van der Waals surface area contributed by atoms with E-state index in [1.165, 1.54) is 12.1 Å². The fourth-order valence-corrected chi connectivity index (χ4v) is 2.64. The average molecular weight is 360 g/mol. The maximum absolute atomic E-state index is 13.7. The molecule has 26 heavy (non-hydrogen) atoms. The molecule has 0 unspecified atom stereocenters. The van der Waals surface area contributed by atoms with Gasteiger partial charge in [0.25, 0.3) is 5.91 Å². The van der Waals surface area contributed by atoms with Crippen molar-refractivity contribution in [1.29, 1.82) is 0 Å². The molecular formula is C20H25FN2O3. The van der Waals surface area contributed by atoms with Crippen LogP contribution in [0.3, 0.4) is 0 Å². The quantitative estimate of drug-likeness (QED) is 0.786. The number of hydrogen-bond acceptors (Lipinski definition) is 4. The number of carbonyl (C=O) groups excluding carboxylic acids is 1. The molecule has 2 aromatic carbocycles. The predicted octanol–water partition coefficient (Wildman–Crippen LogP) is 3.02. The van der Waals surface area contributed by atoms with Gasteiger partial charge in [0.1, 0.15) is 5.75 Å². The summed E-state index contributed by atoms with van der Waals surface area (Å²) in [6, 6.07) is 13.6. The van der Waals surface area contributed by atoms with E-state index in [1.807, 2.05) is 43.3 Å². The fourth-order valence-electron chi connectivity index (χ4n) is 2.64. The van der Waals surface area contributed by atoms with Crippen LogP contribution in [0.15, 0.2) is 48.5 Å². The number of likely N-dealkylation sites (N-methyl/N-ethyl adjacent to an activating group) is 1. The van der Waals surface area contributed by atoms with Gasteiger partial charge in [0.05, 0.1) is 13.2 Å². The lowest BCUT2D eigenvalue weighted by atomic mass is 10.0. The van der Waals surface area contributed by atoms with Crippen LogP contribution in [0.5, 0.6) is 11.5 Å². The number of rotatable bonds is 8. The highest BCUT2D eigenvalue weighted by atomic mass is 19.1. The Labute approximate surface area is 153 Å². The zero-order valence-corrected chi connectivity index (χ0v) is 15.5. The normalized spacial score (nSPS) is 13.2. The second kappa shape index (κ2) is 9.20. The monoisotopic (exact) mass is 360 g/mol. The molecule has 2 aromatic rings. The van der Waals surface area contributed by atoms with Gasteiger partial charge < -0.3 is 19.7 Å². The Kier molecular flexibility index (Phi) is 6.97. The molecule has 0 saturated carbocycles. The molecule has 0 aliphatic carbocycles. The zero-order valence-electron chi connectivity index (χ0n) is 15.5. The maximum Gasteiger partial charge on any atom is 0.260 e. The van der Waals surface area contributed by atoms with Crippen LogP contribution in [0.1, 0.15) is 18.5 Å². The van der Waals surface area contributed by atoms with Gasteiger partial charge in [-0.1, -0.05) is 30.3 Å². The SMILES string of the molecule is COc1ccccc1[C@@H](CNC(=O)[C@@H](C)Oc1ccccc1F)N(C)C. The number of hydrogen-bond donors (Lipinski definition) is 1. The molecular weight excluding hydrogens is 335 g/mol. The van der Waals surface area contributed by atoms with Gasteiger partial charge in [-0.15, -0.1) is 0 Å². The Balaban J connectivity index is 2.02. The van der Waals surface area contributed by atoms with Gasteiger partial charge >= 0.3 is 0 Å². The first-order valence-electron chi connectivity index (χ1n) is 8.42. The van der Waals surface area contributed by atoms with Crippen LogP contribution in [0.2, 0.25) is 0 Å². The topological polar surface area (TPSA) is 50.8 Å². The minimum absolute atomic E-state index is 0.0593. The van der Waals surface area contributed by atoms with Gasteiger partial charge in [0, 0.05) is 12.1 Å².